The maximum atomic E-state index is 12.4. The zero-order chi connectivity index (χ0) is 23.1. The summed E-state index contributed by atoms with van der Waals surface area (Å²) in [6.45, 7) is 11.2. The number of ether oxygens (including phenoxy) is 4. The second-order valence-corrected chi connectivity index (χ2v) is 6.99. The van der Waals surface area contributed by atoms with Gasteiger partial charge in [-0.15, -0.1) is 0 Å². The van der Waals surface area contributed by atoms with Gasteiger partial charge in [-0.1, -0.05) is 69.5 Å². The van der Waals surface area contributed by atoms with Gasteiger partial charge in [0.2, 0.25) is 0 Å². The minimum absolute atomic E-state index is 0.0332. The molecule has 0 fully saturated rings. The van der Waals surface area contributed by atoms with Gasteiger partial charge in [-0.25, -0.2) is 9.59 Å². The Kier molecular flexibility index (Phi) is 7.49. The standard InChI is InChI=1S/C26H26O6/c1-5-14-29-25(27)31-23-20-11-9-10-18(8-4)22(20)24(32-26(28)30-15-6-2)19-13-12-17(7-3)16-21(19)23/h5-6,9-13,16H,1-2,7-8,14-15H2,3-4H3. The van der Waals surface area contributed by atoms with Crippen molar-refractivity contribution in [2.24, 2.45) is 0 Å². The Balaban J connectivity index is 2.32. The number of benzene rings is 3. The number of aryl methyl sites for hydroxylation is 2. The molecule has 3 aromatic carbocycles. The Bertz CT molecular complexity index is 1170. The second-order valence-electron chi connectivity index (χ2n) is 6.99. The van der Waals surface area contributed by atoms with Gasteiger partial charge in [-0.3, -0.25) is 0 Å². The van der Waals surface area contributed by atoms with Crippen LogP contribution in [0.25, 0.3) is 21.5 Å². The van der Waals surface area contributed by atoms with Gasteiger partial charge in [-0.05, 0) is 30.0 Å². The van der Waals surface area contributed by atoms with Crippen LogP contribution in [0.4, 0.5) is 9.59 Å². The van der Waals surface area contributed by atoms with Crippen molar-refractivity contribution in [2.45, 2.75) is 26.7 Å². The van der Waals surface area contributed by atoms with Gasteiger partial charge in [-0.2, -0.15) is 0 Å². The van der Waals surface area contributed by atoms with E-state index in [-0.39, 0.29) is 13.2 Å². The number of carbonyl (C=O) groups excluding carboxylic acids is 2. The van der Waals surface area contributed by atoms with E-state index in [1.165, 1.54) is 12.2 Å². The molecule has 3 rings (SSSR count). The van der Waals surface area contributed by atoms with Crippen LogP contribution in [-0.2, 0) is 22.3 Å². The van der Waals surface area contributed by atoms with Crippen molar-refractivity contribution in [3.63, 3.8) is 0 Å². The summed E-state index contributed by atoms with van der Waals surface area (Å²) in [5.74, 6) is 0.706. The molecule has 6 heteroatoms. The van der Waals surface area contributed by atoms with E-state index in [2.05, 4.69) is 13.2 Å². The second kappa shape index (κ2) is 10.5. The summed E-state index contributed by atoms with van der Waals surface area (Å²) in [6.07, 6.45) is 2.71. The fraction of sp³-hybridized carbons (Fsp3) is 0.231. The normalized spacial score (nSPS) is 10.6. The molecule has 166 valence electrons. The third-order valence-corrected chi connectivity index (χ3v) is 4.99. The summed E-state index contributed by atoms with van der Waals surface area (Å²) < 4.78 is 21.5. The van der Waals surface area contributed by atoms with Crippen LogP contribution in [0.3, 0.4) is 0 Å². The van der Waals surface area contributed by atoms with E-state index in [1.807, 2.05) is 50.2 Å². The summed E-state index contributed by atoms with van der Waals surface area (Å²) in [7, 11) is 0. The van der Waals surface area contributed by atoms with Crippen LogP contribution in [0.1, 0.15) is 25.0 Å². The average Bonchev–Trinajstić information content (AvgIpc) is 2.82. The highest BCUT2D eigenvalue weighted by molar-refractivity contribution is 6.13. The average molecular weight is 434 g/mol. The smallest absolute Gasteiger partial charge is 0.430 e. The largest absolute Gasteiger partial charge is 0.514 e. The molecule has 0 N–H and O–H groups in total. The maximum absolute atomic E-state index is 12.4. The topological polar surface area (TPSA) is 71.1 Å². The van der Waals surface area contributed by atoms with E-state index in [9.17, 15) is 9.59 Å². The first-order valence-corrected chi connectivity index (χ1v) is 10.4. The first kappa shape index (κ1) is 22.9. The van der Waals surface area contributed by atoms with Crippen LogP contribution in [0, 0.1) is 0 Å². The molecule has 0 saturated heterocycles. The highest BCUT2D eigenvalue weighted by Crippen LogP contribution is 2.45. The summed E-state index contributed by atoms with van der Waals surface area (Å²) in [5, 5.41) is 2.56. The lowest BCUT2D eigenvalue weighted by Crippen LogP contribution is -2.13. The molecule has 0 amide bonds. The van der Waals surface area contributed by atoms with Crippen molar-refractivity contribution >= 4 is 33.9 Å². The summed E-state index contributed by atoms with van der Waals surface area (Å²) in [5.41, 5.74) is 1.97. The van der Waals surface area contributed by atoms with Crippen LogP contribution in [0.2, 0.25) is 0 Å². The molecule has 0 atom stereocenters. The number of carbonyl (C=O) groups is 2. The fourth-order valence-corrected chi connectivity index (χ4v) is 3.52. The zero-order valence-electron chi connectivity index (χ0n) is 18.3. The molecule has 0 aromatic heterocycles. The molecule has 0 aliphatic carbocycles. The highest BCUT2D eigenvalue weighted by Gasteiger charge is 2.23. The molecule has 0 radical (unpaired) electrons. The Morgan fingerprint density at radius 1 is 0.812 bits per heavy atom. The first-order valence-electron chi connectivity index (χ1n) is 10.4. The van der Waals surface area contributed by atoms with Crippen LogP contribution in [0.5, 0.6) is 11.5 Å². The van der Waals surface area contributed by atoms with Crippen LogP contribution < -0.4 is 9.47 Å². The molecule has 0 heterocycles. The molecule has 0 aliphatic heterocycles. The van der Waals surface area contributed by atoms with E-state index in [0.717, 1.165) is 17.5 Å². The lowest BCUT2D eigenvalue weighted by Gasteiger charge is -2.18. The lowest BCUT2D eigenvalue weighted by molar-refractivity contribution is 0.109. The predicted molar refractivity (Wildman–Crippen MR) is 125 cm³/mol. The fourth-order valence-electron chi connectivity index (χ4n) is 3.52. The van der Waals surface area contributed by atoms with Gasteiger partial charge < -0.3 is 18.9 Å². The quantitative estimate of drug-likeness (QED) is 0.174. The third kappa shape index (κ3) is 4.75. The molecule has 0 bridgehead atoms. The van der Waals surface area contributed by atoms with Gasteiger partial charge in [0.15, 0.2) is 5.75 Å². The van der Waals surface area contributed by atoms with E-state index < -0.39 is 12.3 Å². The molecule has 3 aromatic rings. The molecule has 6 nitrogen and oxygen atoms in total. The minimum atomic E-state index is -0.838. The van der Waals surface area contributed by atoms with Crippen molar-refractivity contribution in [3.8, 4) is 11.5 Å². The molecule has 0 spiro atoms. The van der Waals surface area contributed by atoms with Crippen LogP contribution in [-0.4, -0.2) is 25.5 Å². The van der Waals surface area contributed by atoms with E-state index >= 15 is 0 Å². The molecule has 0 aliphatic rings. The first-order chi connectivity index (χ1) is 15.5. The number of hydrogen-bond acceptors (Lipinski definition) is 6. The predicted octanol–water partition coefficient (Wildman–Crippen LogP) is 6.52. The van der Waals surface area contributed by atoms with Crippen LogP contribution in [0.15, 0.2) is 61.7 Å². The summed E-state index contributed by atoms with van der Waals surface area (Å²) in [4.78, 5) is 24.7. The monoisotopic (exact) mass is 434 g/mol. The SMILES string of the molecule is C=CCOC(=O)Oc1c2cc(CC)ccc2c(OC(=O)OCC=C)c2c(CC)cccc12. The van der Waals surface area contributed by atoms with Gasteiger partial charge in [0, 0.05) is 21.5 Å². The van der Waals surface area contributed by atoms with Gasteiger partial charge >= 0.3 is 12.3 Å². The Labute approximate surface area is 187 Å². The van der Waals surface area contributed by atoms with E-state index in [0.29, 0.717) is 39.5 Å². The molecular weight excluding hydrogens is 408 g/mol. The summed E-state index contributed by atoms with van der Waals surface area (Å²) >= 11 is 0. The van der Waals surface area contributed by atoms with E-state index in [4.69, 9.17) is 18.9 Å². The van der Waals surface area contributed by atoms with Crippen molar-refractivity contribution in [1.82, 2.24) is 0 Å². The molecule has 32 heavy (non-hydrogen) atoms. The zero-order valence-corrected chi connectivity index (χ0v) is 18.3. The minimum Gasteiger partial charge on any atom is -0.430 e. The molecule has 0 unspecified atom stereocenters. The Hall–Kier alpha value is -3.80. The number of rotatable bonds is 8. The summed E-state index contributed by atoms with van der Waals surface area (Å²) in [6, 6.07) is 11.4. The van der Waals surface area contributed by atoms with E-state index in [1.54, 1.807) is 0 Å². The Morgan fingerprint density at radius 3 is 2.06 bits per heavy atom. The highest BCUT2D eigenvalue weighted by atomic mass is 16.7. The Morgan fingerprint density at radius 2 is 1.47 bits per heavy atom. The molecular formula is C26H26O6. The van der Waals surface area contributed by atoms with Crippen molar-refractivity contribution < 1.29 is 28.5 Å². The van der Waals surface area contributed by atoms with Gasteiger partial charge in [0.25, 0.3) is 0 Å². The third-order valence-electron chi connectivity index (χ3n) is 4.99. The molecule has 0 saturated carbocycles. The lowest BCUT2D eigenvalue weighted by atomic mass is 9.94. The van der Waals surface area contributed by atoms with Gasteiger partial charge in [0.1, 0.15) is 19.0 Å². The van der Waals surface area contributed by atoms with Crippen molar-refractivity contribution in [3.05, 3.63) is 72.8 Å². The van der Waals surface area contributed by atoms with Crippen molar-refractivity contribution in [2.75, 3.05) is 13.2 Å². The number of hydrogen-bond donors (Lipinski definition) is 0. The van der Waals surface area contributed by atoms with Gasteiger partial charge in [0.05, 0.1) is 0 Å². The van der Waals surface area contributed by atoms with Crippen LogP contribution >= 0.6 is 0 Å². The number of fused-ring (bicyclic) bond motifs is 2. The maximum Gasteiger partial charge on any atom is 0.514 e. The van der Waals surface area contributed by atoms with Crippen molar-refractivity contribution in [1.29, 1.82) is 0 Å².